The third-order valence-corrected chi connectivity index (χ3v) is 4.93. The molecule has 130 valence electrons. The number of anilines is 2. The molecule has 5 nitrogen and oxygen atoms in total. The molecule has 1 aromatic carbocycles. The Hall–Kier alpha value is -2.56. The Labute approximate surface area is 148 Å². The molecule has 3 heterocycles. The lowest BCUT2D eigenvalue weighted by Gasteiger charge is -2.19. The first-order valence-corrected chi connectivity index (χ1v) is 8.98. The van der Waals surface area contributed by atoms with Crippen molar-refractivity contribution in [3.63, 3.8) is 0 Å². The van der Waals surface area contributed by atoms with Crippen LogP contribution in [0.4, 0.5) is 11.5 Å². The summed E-state index contributed by atoms with van der Waals surface area (Å²) in [5, 5.41) is 8.15. The molecule has 2 aromatic heterocycles. The van der Waals surface area contributed by atoms with Gasteiger partial charge in [-0.2, -0.15) is 9.61 Å². The highest BCUT2D eigenvalue weighted by atomic mass is 15.3. The zero-order chi connectivity index (χ0) is 17.4. The van der Waals surface area contributed by atoms with Gasteiger partial charge in [0.15, 0.2) is 5.65 Å². The first-order chi connectivity index (χ1) is 12.1. The lowest BCUT2D eigenvalue weighted by molar-refractivity contribution is 0.619. The first kappa shape index (κ1) is 15.9. The lowest BCUT2D eigenvalue weighted by Crippen LogP contribution is -2.23. The molecule has 1 N–H and O–H groups in total. The maximum absolute atomic E-state index is 4.55. The summed E-state index contributed by atoms with van der Waals surface area (Å²) in [5.74, 6) is 1.67. The van der Waals surface area contributed by atoms with Crippen LogP contribution >= 0.6 is 0 Å². The summed E-state index contributed by atoms with van der Waals surface area (Å²) in [4.78, 5) is 7.03. The molecule has 5 heteroatoms. The molecular weight excluding hydrogens is 310 g/mol. The van der Waals surface area contributed by atoms with E-state index in [1.807, 2.05) is 24.4 Å². The molecule has 1 fully saturated rings. The quantitative estimate of drug-likeness (QED) is 0.791. The van der Waals surface area contributed by atoms with Crippen molar-refractivity contribution in [1.29, 1.82) is 0 Å². The van der Waals surface area contributed by atoms with Gasteiger partial charge in [0, 0.05) is 43.1 Å². The van der Waals surface area contributed by atoms with E-state index >= 15 is 0 Å². The number of aromatic nitrogens is 3. The number of nitrogens with zero attached hydrogens (tertiary/aromatic N) is 4. The Morgan fingerprint density at radius 1 is 1.08 bits per heavy atom. The Morgan fingerprint density at radius 3 is 2.68 bits per heavy atom. The van der Waals surface area contributed by atoms with Crippen molar-refractivity contribution in [1.82, 2.24) is 14.6 Å². The first-order valence-electron chi connectivity index (χ1n) is 8.98. The molecule has 1 atom stereocenters. The van der Waals surface area contributed by atoms with Crippen molar-refractivity contribution in [3.05, 3.63) is 53.3 Å². The minimum Gasteiger partial charge on any atom is -0.371 e. The summed E-state index contributed by atoms with van der Waals surface area (Å²) in [7, 11) is 0. The van der Waals surface area contributed by atoms with Crippen LogP contribution in [0.5, 0.6) is 0 Å². The van der Waals surface area contributed by atoms with E-state index in [4.69, 9.17) is 0 Å². The molecule has 4 rings (SSSR count). The molecule has 0 spiro atoms. The van der Waals surface area contributed by atoms with Gasteiger partial charge in [-0.1, -0.05) is 17.7 Å². The van der Waals surface area contributed by atoms with E-state index in [-0.39, 0.29) is 0 Å². The number of benzene rings is 1. The molecule has 1 aliphatic rings. The summed E-state index contributed by atoms with van der Waals surface area (Å²) in [5.41, 5.74) is 5.56. The third kappa shape index (κ3) is 3.31. The SMILES string of the molecule is Cc1ccc(N2CC[C@H](CNc3cc(C)nc4cc(C)nn34)C2)cc1. The summed E-state index contributed by atoms with van der Waals surface area (Å²) in [6.07, 6.45) is 1.21. The van der Waals surface area contributed by atoms with Crippen LogP contribution in [0.15, 0.2) is 36.4 Å². The number of hydrogen-bond acceptors (Lipinski definition) is 4. The molecule has 1 saturated heterocycles. The van der Waals surface area contributed by atoms with Gasteiger partial charge in [0.2, 0.25) is 0 Å². The second-order valence-corrected chi connectivity index (χ2v) is 7.16. The molecule has 0 unspecified atom stereocenters. The predicted octanol–water partition coefficient (Wildman–Crippen LogP) is 3.59. The van der Waals surface area contributed by atoms with Crippen molar-refractivity contribution in [3.8, 4) is 0 Å². The van der Waals surface area contributed by atoms with Crippen molar-refractivity contribution >= 4 is 17.2 Å². The van der Waals surface area contributed by atoms with Crippen LogP contribution in [0, 0.1) is 26.7 Å². The molecule has 1 aliphatic heterocycles. The van der Waals surface area contributed by atoms with Crippen LogP contribution in [0.1, 0.15) is 23.4 Å². The van der Waals surface area contributed by atoms with Crippen molar-refractivity contribution < 1.29 is 0 Å². The number of rotatable bonds is 4. The molecule has 25 heavy (non-hydrogen) atoms. The van der Waals surface area contributed by atoms with Gasteiger partial charge in [-0.25, -0.2) is 4.98 Å². The van der Waals surface area contributed by atoms with E-state index in [9.17, 15) is 0 Å². The molecular formula is C20H25N5. The maximum atomic E-state index is 4.55. The summed E-state index contributed by atoms with van der Waals surface area (Å²) < 4.78 is 1.91. The van der Waals surface area contributed by atoms with E-state index in [0.29, 0.717) is 5.92 Å². The highest BCUT2D eigenvalue weighted by Gasteiger charge is 2.22. The van der Waals surface area contributed by atoms with Crippen LogP contribution in [0.2, 0.25) is 0 Å². The smallest absolute Gasteiger partial charge is 0.157 e. The summed E-state index contributed by atoms with van der Waals surface area (Å²) in [6, 6.07) is 12.9. The molecule has 0 radical (unpaired) electrons. The van der Waals surface area contributed by atoms with Gasteiger partial charge in [0.25, 0.3) is 0 Å². The summed E-state index contributed by atoms with van der Waals surface area (Å²) >= 11 is 0. The van der Waals surface area contributed by atoms with Crippen molar-refractivity contribution in [2.45, 2.75) is 27.2 Å². The van der Waals surface area contributed by atoms with E-state index < -0.39 is 0 Å². The van der Waals surface area contributed by atoms with Crippen molar-refractivity contribution in [2.75, 3.05) is 29.9 Å². The molecule has 3 aromatic rings. The fourth-order valence-corrected chi connectivity index (χ4v) is 3.58. The van der Waals surface area contributed by atoms with Gasteiger partial charge in [-0.3, -0.25) is 0 Å². The predicted molar refractivity (Wildman–Crippen MR) is 102 cm³/mol. The average molecular weight is 335 g/mol. The number of nitrogens with one attached hydrogen (secondary N) is 1. The highest BCUT2D eigenvalue weighted by Crippen LogP contribution is 2.24. The van der Waals surface area contributed by atoms with Crippen LogP contribution in [0.25, 0.3) is 5.65 Å². The topological polar surface area (TPSA) is 45.5 Å². The Bertz CT molecular complexity index is 881. The van der Waals surface area contributed by atoms with Gasteiger partial charge in [-0.05, 0) is 45.2 Å². The monoisotopic (exact) mass is 335 g/mol. The minimum atomic E-state index is 0.640. The minimum absolute atomic E-state index is 0.640. The van der Waals surface area contributed by atoms with Gasteiger partial charge in [0.05, 0.1) is 5.69 Å². The fraction of sp³-hybridized carbons (Fsp3) is 0.400. The Balaban J connectivity index is 1.43. The van der Waals surface area contributed by atoms with Crippen LogP contribution in [0.3, 0.4) is 0 Å². The van der Waals surface area contributed by atoms with E-state index in [0.717, 1.165) is 42.5 Å². The second kappa shape index (κ2) is 6.39. The molecule has 0 amide bonds. The van der Waals surface area contributed by atoms with Gasteiger partial charge >= 0.3 is 0 Å². The normalized spacial score (nSPS) is 17.4. The Morgan fingerprint density at radius 2 is 1.88 bits per heavy atom. The standard InChI is InChI=1S/C20H25N5/c1-14-4-6-18(7-5-14)24-9-8-17(13-24)12-21-19-10-15(2)22-20-11-16(3)23-25(19)20/h4-7,10-11,17,21H,8-9,12-13H2,1-3H3/t17-/m1/s1. The van der Waals surface area contributed by atoms with Gasteiger partial charge < -0.3 is 10.2 Å². The zero-order valence-electron chi connectivity index (χ0n) is 15.2. The number of hydrogen-bond donors (Lipinski definition) is 1. The fourth-order valence-electron chi connectivity index (χ4n) is 3.58. The molecule has 0 bridgehead atoms. The van der Waals surface area contributed by atoms with Crippen LogP contribution < -0.4 is 10.2 Å². The highest BCUT2D eigenvalue weighted by molar-refractivity contribution is 5.51. The van der Waals surface area contributed by atoms with Gasteiger partial charge in [0.1, 0.15) is 5.82 Å². The van der Waals surface area contributed by atoms with Gasteiger partial charge in [-0.15, -0.1) is 0 Å². The van der Waals surface area contributed by atoms with Crippen LogP contribution in [-0.2, 0) is 0 Å². The largest absolute Gasteiger partial charge is 0.371 e. The van der Waals surface area contributed by atoms with Crippen LogP contribution in [-0.4, -0.2) is 34.2 Å². The number of fused-ring (bicyclic) bond motifs is 1. The maximum Gasteiger partial charge on any atom is 0.157 e. The van der Waals surface area contributed by atoms with E-state index in [1.165, 1.54) is 17.7 Å². The average Bonchev–Trinajstić information content (AvgIpc) is 3.19. The van der Waals surface area contributed by atoms with Crippen molar-refractivity contribution in [2.24, 2.45) is 5.92 Å². The molecule has 0 saturated carbocycles. The lowest BCUT2D eigenvalue weighted by atomic mass is 10.1. The molecule has 0 aliphatic carbocycles. The second-order valence-electron chi connectivity index (χ2n) is 7.16. The Kier molecular flexibility index (Phi) is 4.07. The zero-order valence-corrected chi connectivity index (χ0v) is 15.2. The third-order valence-electron chi connectivity index (χ3n) is 4.93. The van der Waals surface area contributed by atoms with E-state index in [1.54, 1.807) is 0 Å². The van der Waals surface area contributed by atoms with E-state index in [2.05, 4.69) is 57.6 Å². The number of aryl methyl sites for hydroxylation is 3. The summed E-state index contributed by atoms with van der Waals surface area (Å²) in [6.45, 7) is 9.35.